The SMILES string of the molecule is CC1CCc2ccccc2N1CC(=O)N1CCN(c2oc(-c3ccco3)nc2C#N)CC1. The average Bonchev–Trinajstić information content (AvgIpc) is 3.51. The molecule has 0 saturated carbocycles. The van der Waals surface area contributed by atoms with Crippen molar-refractivity contribution in [1.82, 2.24) is 9.88 Å². The molecule has 3 aromatic rings. The summed E-state index contributed by atoms with van der Waals surface area (Å²) in [6, 6.07) is 14.3. The Balaban J connectivity index is 1.25. The molecule has 32 heavy (non-hydrogen) atoms. The summed E-state index contributed by atoms with van der Waals surface area (Å²) in [5, 5.41) is 9.49. The summed E-state index contributed by atoms with van der Waals surface area (Å²) in [6.07, 6.45) is 3.65. The standard InChI is InChI=1S/C24H25N5O3/c1-17-8-9-18-5-2-3-6-20(18)29(17)16-22(30)27-10-12-28(13-11-27)24-19(15-25)26-23(32-24)21-7-4-14-31-21/h2-7,14,17H,8-13,16H2,1H3. The van der Waals surface area contributed by atoms with Crippen LogP contribution in [-0.2, 0) is 11.2 Å². The second-order valence-corrected chi connectivity index (χ2v) is 8.27. The Kier molecular flexibility index (Phi) is 5.31. The summed E-state index contributed by atoms with van der Waals surface area (Å²) in [5.41, 5.74) is 2.71. The molecule has 0 aliphatic carbocycles. The maximum Gasteiger partial charge on any atom is 0.266 e. The van der Waals surface area contributed by atoms with Gasteiger partial charge in [0.25, 0.3) is 5.89 Å². The molecule has 2 aromatic heterocycles. The van der Waals surface area contributed by atoms with Crippen molar-refractivity contribution >= 4 is 17.5 Å². The van der Waals surface area contributed by atoms with E-state index in [-0.39, 0.29) is 17.5 Å². The molecule has 8 nitrogen and oxygen atoms in total. The Morgan fingerprint density at radius 2 is 2.00 bits per heavy atom. The van der Waals surface area contributed by atoms with E-state index in [2.05, 4.69) is 41.1 Å². The molecule has 8 heteroatoms. The van der Waals surface area contributed by atoms with Crippen LogP contribution in [0.2, 0.25) is 0 Å². The third kappa shape index (κ3) is 3.71. The van der Waals surface area contributed by atoms with Crippen molar-refractivity contribution in [3.8, 4) is 17.7 Å². The highest BCUT2D eigenvalue weighted by Gasteiger charge is 2.30. The average molecular weight is 431 g/mol. The first-order chi connectivity index (χ1) is 15.6. The zero-order valence-electron chi connectivity index (χ0n) is 18.0. The van der Waals surface area contributed by atoms with Gasteiger partial charge in [-0.05, 0) is 43.5 Å². The number of benzene rings is 1. The van der Waals surface area contributed by atoms with E-state index in [1.54, 1.807) is 12.1 Å². The van der Waals surface area contributed by atoms with E-state index in [4.69, 9.17) is 8.83 Å². The van der Waals surface area contributed by atoms with Gasteiger partial charge in [0.1, 0.15) is 6.07 Å². The minimum Gasteiger partial charge on any atom is -0.459 e. The van der Waals surface area contributed by atoms with E-state index in [9.17, 15) is 10.1 Å². The van der Waals surface area contributed by atoms with E-state index < -0.39 is 0 Å². The summed E-state index contributed by atoms with van der Waals surface area (Å²) in [7, 11) is 0. The Labute approximate surface area is 186 Å². The molecule has 2 aliphatic heterocycles. The van der Waals surface area contributed by atoms with Crippen LogP contribution in [0.25, 0.3) is 11.7 Å². The number of anilines is 2. The number of piperazine rings is 1. The van der Waals surface area contributed by atoms with Gasteiger partial charge in [-0.2, -0.15) is 10.2 Å². The van der Waals surface area contributed by atoms with Crippen molar-refractivity contribution in [3.63, 3.8) is 0 Å². The lowest BCUT2D eigenvalue weighted by molar-refractivity contribution is -0.130. The summed E-state index contributed by atoms with van der Waals surface area (Å²) in [5.74, 6) is 1.34. The highest BCUT2D eigenvalue weighted by molar-refractivity contribution is 5.82. The number of amides is 1. The Morgan fingerprint density at radius 3 is 2.75 bits per heavy atom. The third-order valence-corrected chi connectivity index (χ3v) is 6.34. The number of hydrogen-bond acceptors (Lipinski definition) is 7. The second-order valence-electron chi connectivity index (χ2n) is 8.27. The van der Waals surface area contributed by atoms with Crippen LogP contribution in [-0.4, -0.2) is 54.6 Å². The van der Waals surface area contributed by atoms with Gasteiger partial charge in [0, 0.05) is 37.9 Å². The smallest absolute Gasteiger partial charge is 0.266 e. The molecule has 1 saturated heterocycles. The predicted octanol–water partition coefficient (Wildman–Crippen LogP) is 3.30. The predicted molar refractivity (Wildman–Crippen MR) is 119 cm³/mol. The van der Waals surface area contributed by atoms with Gasteiger partial charge < -0.3 is 23.5 Å². The lowest BCUT2D eigenvalue weighted by Crippen LogP contribution is -2.52. The first-order valence-electron chi connectivity index (χ1n) is 11.0. The van der Waals surface area contributed by atoms with Crippen molar-refractivity contribution in [2.75, 3.05) is 42.5 Å². The van der Waals surface area contributed by atoms with E-state index in [0.29, 0.717) is 50.4 Å². The molecular formula is C24H25N5O3. The quantitative estimate of drug-likeness (QED) is 0.626. The number of carbonyl (C=O) groups excluding carboxylic acids is 1. The largest absolute Gasteiger partial charge is 0.459 e. The number of rotatable bonds is 4. The maximum absolute atomic E-state index is 13.1. The topological polar surface area (TPSA) is 89.8 Å². The minimum absolute atomic E-state index is 0.127. The second kappa shape index (κ2) is 8.42. The fourth-order valence-electron chi connectivity index (χ4n) is 4.51. The number of fused-ring (bicyclic) bond motifs is 1. The Morgan fingerprint density at radius 1 is 1.19 bits per heavy atom. The van der Waals surface area contributed by atoms with Crippen LogP contribution in [0.5, 0.6) is 0 Å². The molecule has 1 atom stereocenters. The van der Waals surface area contributed by atoms with Crippen LogP contribution < -0.4 is 9.80 Å². The number of aryl methyl sites for hydroxylation is 1. The van der Waals surface area contributed by atoms with Crippen molar-refractivity contribution < 1.29 is 13.6 Å². The van der Waals surface area contributed by atoms with Crippen LogP contribution in [0.4, 0.5) is 11.6 Å². The van der Waals surface area contributed by atoms with E-state index in [1.165, 1.54) is 17.5 Å². The third-order valence-electron chi connectivity index (χ3n) is 6.34. The van der Waals surface area contributed by atoms with Crippen molar-refractivity contribution in [3.05, 3.63) is 53.9 Å². The van der Waals surface area contributed by atoms with Crippen molar-refractivity contribution in [2.45, 2.75) is 25.8 Å². The summed E-state index contributed by atoms with van der Waals surface area (Å²) < 4.78 is 11.2. The first kappa shape index (κ1) is 20.2. The van der Waals surface area contributed by atoms with Gasteiger partial charge in [0.15, 0.2) is 5.76 Å². The van der Waals surface area contributed by atoms with Gasteiger partial charge in [0.2, 0.25) is 17.5 Å². The minimum atomic E-state index is 0.127. The normalized spacial score (nSPS) is 18.4. The van der Waals surface area contributed by atoms with E-state index in [0.717, 1.165) is 12.8 Å². The van der Waals surface area contributed by atoms with Crippen molar-refractivity contribution in [1.29, 1.82) is 5.26 Å². The first-order valence-corrected chi connectivity index (χ1v) is 11.0. The molecule has 5 rings (SSSR count). The fraction of sp³-hybridized carbons (Fsp3) is 0.375. The Bertz CT molecular complexity index is 1140. The zero-order chi connectivity index (χ0) is 22.1. The molecule has 0 bridgehead atoms. The lowest BCUT2D eigenvalue weighted by atomic mass is 9.96. The molecule has 0 radical (unpaired) electrons. The number of hydrogen-bond donors (Lipinski definition) is 0. The number of para-hydroxylation sites is 1. The lowest BCUT2D eigenvalue weighted by Gasteiger charge is -2.39. The molecule has 1 fully saturated rings. The van der Waals surface area contributed by atoms with Crippen molar-refractivity contribution in [2.24, 2.45) is 0 Å². The molecule has 0 spiro atoms. The zero-order valence-corrected chi connectivity index (χ0v) is 18.0. The van der Waals surface area contributed by atoms with E-state index >= 15 is 0 Å². The van der Waals surface area contributed by atoms with Crippen LogP contribution >= 0.6 is 0 Å². The molecule has 1 amide bonds. The van der Waals surface area contributed by atoms with Crippen LogP contribution in [0, 0.1) is 11.3 Å². The highest BCUT2D eigenvalue weighted by Crippen LogP contribution is 2.31. The molecule has 164 valence electrons. The van der Waals surface area contributed by atoms with Crippen LogP contribution in [0.15, 0.2) is 51.5 Å². The van der Waals surface area contributed by atoms with Gasteiger partial charge in [-0.25, -0.2) is 0 Å². The summed E-state index contributed by atoms with van der Waals surface area (Å²) in [6.45, 7) is 4.88. The highest BCUT2D eigenvalue weighted by atomic mass is 16.4. The molecule has 1 aromatic carbocycles. The summed E-state index contributed by atoms with van der Waals surface area (Å²) in [4.78, 5) is 23.5. The summed E-state index contributed by atoms with van der Waals surface area (Å²) >= 11 is 0. The number of oxazole rings is 1. The van der Waals surface area contributed by atoms with Gasteiger partial charge in [-0.3, -0.25) is 4.79 Å². The fourth-order valence-corrected chi connectivity index (χ4v) is 4.51. The molecule has 2 aliphatic rings. The number of furan rings is 1. The van der Waals surface area contributed by atoms with E-state index in [1.807, 2.05) is 15.9 Å². The Hall–Kier alpha value is -3.73. The molecular weight excluding hydrogens is 406 g/mol. The number of nitrogens with zero attached hydrogens (tertiary/aromatic N) is 5. The van der Waals surface area contributed by atoms with Gasteiger partial charge in [0.05, 0.1) is 12.8 Å². The molecule has 0 N–H and O–H groups in total. The van der Waals surface area contributed by atoms with Gasteiger partial charge in [-0.15, -0.1) is 0 Å². The van der Waals surface area contributed by atoms with Gasteiger partial charge in [-0.1, -0.05) is 18.2 Å². The molecule has 1 unspecified atom stereocenters. The molecule has 4 heterocycles. The van der Waals surface area contributed by atoms with Gasteiger partial charge >= 0.3 is 0 Å². The maximum atomic E-state index is 13.1. The van der Waals surface area contributed by atoms with Crippen LogP contribution in [0.1, 0.15) is 24.6 Å². The number of aromatic nitrogens is 1. The monoisotopic (exact) mass is 431 g/mol. The number of carbonyl (C=O) groups is 1. The number of nitriles is 1. The van der Waals surface area contributed by atoms with Crippen LogP contribution in [0.3, 0.4) is 0 Å².